The van der Waals surface area contributed by atoms with Gasteiger partial charge in [-0.3, -0.25) is 19.9 Å². The minimum atomic E-state index is -3.08. The molecule has 0 radical (unpaired) electrons. The van der Waals surface area contributed by atoms with Crippen LogP contribution in [0.1, 0.15) is 12.0 Å². The van der Waals surface area contributed by atoms with Gasteiger partial charge in [0.1, 0.15) is 0 Å². The first-order valence-corrected chi connectivity index (χ1v) is 8.95. The summed E-state index contributed by atoms with van der Waals surface area (Å²) in [4.78, 5) is 15.5. The Morgan fingerprint density at radius 3 is 2.67 bits per heavy atom. The van der Waals surface area contributed by atoms with Crippen LogP contribution in [-0.2, 0) is 6.54 Å². The summed E-state index contributed by atoms with van der Waals surface area (Å²) in [6, 6.07) is 2.88. The highest BCUT2D eigenvalue weighted by Gasteiger charge is 2.30. The first kappa shape index (κ1) is 19.7. The molecule has 3 rings (SSSR count). The first-order chi connectivity index (χ1) is 13.0. The molecule has 1 atom stereocenters. The number of hydrogen-bond donors (Lipinski definition) is 1. The quantitative estimate of drug-likeness (QED) is 0.564. The largest absolute Gasteiger partial charge is 0.493 e. The van der Waals surface area contributed by atoms with Crippen LogP contribution >= 0.6 is 0 Å². The van der Waals surface area contributed by atoms with Crippen molar-refractivity contribution in [3.05, 3.63) is 27.8 Å². The lowest BCUT2D eigenvalue weighted by atomic mass is 10.1. The standard InChI is InChI=1S/C17H24F2N4O4/c1-26-15-8-12(14(23(24)25)9-16(15)27-17(18)19)10-21-5-2-13(11-21)22-6-3-20-4-7-22/h8-9,13,17,20H,2-7,10-11H2,1H3. The van der Waals surface area contributed by atoms with Gasteiger partial charge in [0.2, 0.25) is 0 Å². The number of alkyl halides is 2. The fraction of sp³-hybridized carbons (Fsp3) is 0.647. The van der Waals surface area contributed by atoms with Crippen LogP contribution in [0.5, 0.6) is 11.5 Å². The summed E-state index contributed by atoms with van der Waals surface area (Å²) < 4.78 is 34.6. The van der Waals surface area contributed by atoms with Gasteiger partial charge in [0, 0.05) is 57.4 Å². The van der Waals surface area contributed by atoms with Gasteiger partial charge in [-0.2, -0.15) is 8.78 Å². The molecule has 2 aliphatic rings. The molecule has 2 saturated heterocycles. The van der Waals surface area contributed by atoms with Gasteiger partial charge < -0.3 is 14.8 Å². The van der Waals surface area contributed by atoms with E-state index in [2.05, 4.69) is 19.9 Å². The van der Waals surface area contributed by atoms with Gasteiger partial charge in [-0.15, -0.1) is 0 Å². The van der Waals surface area contributed by atoms with Crippen molar-refractivity contribution < 1.29 is 23.2 Å². The minimum Gasteiger partial charge on any atom is -0.493 e. The van der Waals surface area contributed by atoms with Crippen LogP contribution in [-0.4, -0.2) is 73.8 Å². The zero-order chi connectivity index (χ0) is 19.4. The molecule has 2 heterocycles. The molecule has 1 aromatic carbocycles. The SMILES string of the molecule is COc1cc(CN2CCC(N3CCNCC3)C2)c([N+](=O)[O-])cc1OC(F)F. The lowest BCUT2D eigenvalue weighted by Gasteiger charge is -2.32. The molecule has 0 spiro atoms. The van der Waals surface area contributed by atoms with Crippen molar-refractivity contribution in [2.24, 2.45) is 0 Å². The molecule has 0 amide bonds. The molecule has 8 nitrogen and oxygen atoms in total. The van der Waals surface area contributed by atoms with Crippen LogP contribution in [0.3, 0.4) is 0 Å². The lowest BCUT2D eigenvalue weighted by Crippen LogP contribution is -2.49. The second kappa shape index (κ2) is 8.77. The topological polar surface area (TPSA) is 80.1 Å². The molecule has 1 N–H and O–H groups in total. The summed E-state index contributed by atoms with van der Waals surface area (Å²) in [6.45, 7) is 2.92. The van der Waals surface area contributed by atoms with E-state index < -0.39 is 11.5 Å². The number of methoxy groups -OCH3 is 1. The summed E-state index contributed by atoms with van der Waals surface area (Å²) in [6.07, 6.45) is 1.01. The van der Waals surface area contributed by atoms with Gasteiger partial charge in [-0.05, 0) is 12.5 Å². The van der Waals surface area contributed by atoms with E-state index in [9.17, 15) is 18.9 Å². The third kappa shape index (κ3) is 4.82. The first-order valence-electron chi connectivity index (χ1n) is 8.95. The third-order valence-electron chi connectivity index (χ3n) is 5.09. The van der Waals surface area contributed by atoms with E-state index in [0.29, 0.717) is 18.2 Å². The van der Waals surface area contributed by atoms with Crippen LogP contribution in [0.25, 0.3) is 0 Å². The highest BCUT2D eigenvalue weighted by Crippen LogP contribution is 2.36. The van der Waals surface area contributed by atoms with Crippen LogP contribution < -0.4 is 14.8 Å². The van der Waals surface area contributed by atoms with E-state index in [4.69, 9.17) is 4.74 Å². The van der Waals surface area contributed by atoms with E-state index >= 15 is 0 Å². The van der Waals surface area contributed by atoms with Crippen molar-refractivity contribution in [2.45, 2.75) is 25.6 Å². The molecule has 150 valence electrons. The number of nitro groups is 1. The fourth-order valence-electron chi connectivity index (χ4n) is 3.78. The Morgan fingerprint density at radius 1 is 1.30 bits per heavy atom. The number of halogens is 2. The Bertz CT molecular complexity index is 671. The predicted octanol–water partition coefficient (Wildman–Crippen LogP) is 1.68. The van der Waals surface area contributed by atoms with Crippen LogP contribution in [0.4, 0.5) is 14.5 Å². The Hall–Kier alpha value is -2.04. The number of likely N-dealkylation sites (tertiary alicyclic amines) is 1. The zero-order valence-corrected chi connectivity index (χ0v) is 15.2. The molecule has 0 bridgehead atoms. The molecule has 2 fully saturated rings. The lowest BCUT2D eigenvalue weighted by molar-refractivity contribution is -0.385. The maximum Gasteiger partial charge on any atom is 0.387 e. The maximum absolute atomic E-state index is 12.6. The van der Waals surface area contributed by atoms with E-state index in [0.717, 1.165) is 51.8 Å². The molecule has 1 aromatic rings. The number of hydrogen-bond acceptors (Lipinski definition) is 7. The second-order valence-electron chi connectivity index (χ2n) is 6.73. The zero-order valence-electron chi connectivity index (χ0n) is 15.2. The summed E-state index contributed by atoms with van der Waals surface area (Å²) in [5.74, 6) is -0.267. The molecule has 10 heteroatoms. The second-order valence-corrected chi connectivity index (χ2v) is 6.73. The number of benzene rings is 1. The number of nitrogens with one attached hydrogen (secondary N) is 1. The van der Waals surface area contributed by atoms with Crippen molar-refractivity contribution in [1.29, 1.82) is 0 Å². The van der Waals surface area contributed by atoms with Crippen molar-refractivity contribution >= 4 is 5.69 Å². The Balaban J connectivity index is 1.74. The van der Waals surface area contributed by atoms with Crippen molar-refractivity contribution in [3.8, 4) is 11.5 Å². The molecular formula is C17H24F2N4O4. The predicted molar refractivity (Wildman–Crippen MR) is 94.4 cm³/mol. The van der Waals surface area contributed by atoms with E-state index in [1.165, 1.54) is 13.2 Å². The van der Waals surface area contributed by atoms with Crippen LogP contribution in [0, 0.1) is 10.1 Å². The Kier molecular flexibility index (Phi) is 6.40. The number of piperazine rings is 1. The van der Waals surface area contributed by atoms with Gasteiger partial charge in [0.05, 0.1) is 18.1 Å². The molecule has 27 heavy (non-hydrogen) atoms. The summed E-state index contributed by atoms with van der Waals surface area (Å²) in [7, 11) is 1.32. The van der Waals surface area contributed by atoms with Gasteiger partial charge >= 0.3 is 6.61 Å². The van der Waals surface area contributed by atoms with Gasteiger partial charge in [-0.25, -0.2) is 0 Å². The summed E-state index contributed by atoms with van der Waals surface area (Å²) in [5.41, 5.74) is 0.191. The summed E-state index contributed by atoms with van der Waals surface area (Å²) >= 11 is 0. The highest BCUT2D eigenvalue weighted by molar-refractivity contribution is 5.54. The monoisotopic (exact) mass is 386 g/mol. The maximum atomic E-state index is 12.6. The van der Waals surface area contributed by atoms with Gasteiger partial charge in [0.15, 0.2) is 11.5 Å². The van der Waals surface area contributed by atoms with Crippen LogP contribution in [0.2, 0.25) is 0 Å². The van der Waals surface area contributed by atoms with Crippen molar-refractivity contribution in [2.75, 3.05) is 46.4 Å². The molecule has 0 saturated carbocycles. The van der Waals surface area contributed by atoms with E-state index in [-0.39, 0.29) is 17.2 Å². The molecule has 1 unspecified atom stereocenters. The smallest absolute Gasteiger partial charge is 0.387 e. The van der Waals surface area contributed by atoms with Crippen molar-refractivity contribution in [1.82, 2.24) is 15.1 Å². The average Bonchev–Trinajstić information content (AvgIpc) is 3.11. The number of nitro benzene ring substituents is 1. The average molecular weight is 386 g/mol. The molecule has 2 aliphatic heterocycles. The number of ether oxygens (including phenoxy) is 2. The molecule has 0 aromatic heterocycles. The third-order valence-corrected chi connectivity index (χ3v) is 5.09. The van der Waals surface area contributed by atoms with Crippen LogP contribution in [0.15, 0.2) is 12.1 Å². The molecular weight excluding hydrogens is 362 g/mol. The highest BCUT2D eigenvalue weighted by atomic mass is 19.3. The summed E-state index contributed by atoms with van der Waals surface area (Å²) in [5, 5.41) is 14.8. The van der Waals surface area contributed by atoms with E-state index in [1.807, 2.05) is 0 Å². The Morgan fingerprint density at radius 2 is 2.04 bits per heavy atom. The van der Waals surface area contributed by atoms with E-state index in [1.54, 1.807) is 0 Å². The fourth-order valence-corrected chi connectivity index (χ4v) is 3.78. The van der Waals surface area contributed by atoms with Gasteiger partial charge in [0.25, 0.3) is 5.69 Å². The Labute approximate surface area is 156 Å². The molecule has 0 aliphatic carbocycles. The normalized spacial score (nSPS) is 21.6. The number of rotatable bonds is 7. The van der Waals surface area contributed by atoms with Gasteiger partial charge in [-0.1, -0.05) is 0 Å². The minimum absolute atomic E-state index is 0.0637. The van der Waals surface area contributed by atoms with Crippen molar-refractivity contribution in [3.63, 3.8) is 0 Å². The number of nitrogens with zero attached hydrogens (tertiary/aromatic N) is 3.